The number of aromatic nitrogens is 1. The maximum Gasteiger partial charge on any atom is 0.268 e. The van der Waals surface area contributed by atoms with Crippen LogP contribution in [-0.4, -0.2) is 10.9 Å². The van der Waals surface area contributed by atoms with Crippen LogP contribution in [0.2, 0.25) is 0 Å². The highest BCUT2D eigenvalue weighted by atomic mass is 79.9. The Balaban J connectivity index is 1.77. The number of hydrogen-bond donors (Lipinski definition) is 2. The first-order valence-corrected chi connectivity index (χ1v) is 6.76. The molecule has 4 heteroatoms. The van der Waals surface area contributed by atoms with Gasteiger partial charge < -0.3 is 10.3 Å². The van der Waals surface area contributed by atoms with E-state index in [0.29, 0.717) is 5.69 Å². The van der Waals surface area contributed by atoms with Gasteiger partial charge in [0.25, 0.3) is 5.91 Å². The number of H-pyrrole nitrogens is 1. The monoisotopic (exact) mass is 304 g/mol. The van der Waals surface area contributed by atoms with Crippen molar-refractivity contribution in [2.45, 2.75) is 18.9 Å². The maximum absolute atomic E-state index is 12.1. The second kappa shape index (κ2) is 4.61. The van der Waals surface area contributed by atoms with Crippen LogP contribution in [0.15, 0.2) is 41.0 Å². The van der Waals surface area contributed by atoms with E-state index in [0.717, 1.165) is 17.3 Å². The normalized spacial score (nSPS) is 17.5. The molecular weight excluding hydrogens is 292 g/mol. The highest BCUT2D eigenvalue weighted by Gasteiger charge is 2.24. The second-order valence-electron chi connectivity index (χ2n) is 4.50. The van der Waals surface area contributed by atoms with Gasteiger partial charge in [0.05, 0.1) is 6.04 Å². The van der Waals surface area contributed by atoms with Gasteiger partial charge in [0.2, 0.25) is 0 Å². The number of nitrogens with one attached hydrogen (secondary N) is 2. The SMILES string of the molecule is O=C(NC1CCc2ccccc21)c1cc(Br)c[nH]1. The van der Waals surface area contributed by atoms with Gasteiger partial charge in [-0.3, -0.25) is 4.79 Å². The van der Waals surface area contributed by atoms with Crippen molar-refractivity contribution in [3.05, 3.63) is 57.8 Å². The van der Waals surface area contributed by atoms with Gasteiger partial charge in [0.15, 0.2) is 0 Å². The van der Waals surface area contributed by atoms with Gasteiger partial charge in [-0.25, -0.2) is 0 Å². The van der Waals surface area contributed by atoms with Crippen LogP contribution in [0.4, 0.5) is 0 Å². The quantitative estimate of drug-likeness (QED) is 0.879. The zero-order valence-electron chi connectivity index (χ0n) is 9.74. The summed E-state index contributed by atoms with van der Waals surface area (Å²) in [6.45, 7) is 0. The van der Waals surface area contributed by atoms with Crippen LogP contribution < -0.4 is 5.32 Å². The number of aromatic amines is 1. The van der Waals surface area contributed by atoms with Crippen molar-refractivity contribution in [3.63, 3.8) is 0 Å². The Morgan fingerprint density at radius 2 is 2.22 bits per heavy atom. The summed E-state index contributed by atoms with van der Waals surface area (Å²) >= 11 is 3.33. The number of halogens is 1. The van der Waals surface area contributed by atoms with E-state index in [1.807, 2.05) is 12.1 Å². The molecule has 1 unspecified atom stereocenters. The molecule has 1 atom stereocenters. The molecule has 1 amide bonds. The molecule has 1 aliphatic rings. The highest BCUT2D eigenvalue weighted by molar-refractivity contribution is 9.10. The van der Waals surface area contributed by atoms with Crippen LogP contribution in [0.25, 0.3) is 0 Å². The van der Waals surface area contributed by atoms with Gasteiger partial charge in [-0.15, -0.1) is 0 Å². The van der Waals surface area contributed by atoms with Crippen molar-refractivity contribution in [1.82, 2.24) is 10.3 Å². The molecule has 0 radical (unpaired) electrons. The van der Waals surface area contributed by atoms with Gasteiger partial charge >= 0.3 is 0 Å². The molecule has 0 aliphatic heterocycles. The third kappa shape index (κ3) is 2.08. The summed E-state index contributed by atoms with van der Waals surface area (Å²) in [5.41, 5.74) is 3.18. The van der Waals surface area contributed by atoms with E-state index >= 15 is 0 Å². The van der Waals surface area contributed by atoms with E-state index < -0.39 is 0 Å². The van der Waals surface area contributed by atoms with E-state index in [4.69, 9.17) is 0 Å². The molecule has 0 saturated carbocycles. The van der Waals surface area contributed by atoms with Crippen LogP contribution in [-0.2, 0) is 6.42 Å². The van der Waals surface area contributed by atoms with E-state index in [9.17, 15) is 4.79 Å². The lowest BCUT2D eigenvalue weighted by Gasteiger charge is -2.13. The molecule has 1 aromatic heterocycles. The Hall–Kier alpha value is -1.55. The summed E-state index contributed by atoms with van der Waals surface area (Å²) in [5.74, 6) is -0.0533. The first-order valence-electron chi connectivity index (χ1n) is 5.96. The van der Waals surface area contributed by atoms with E-state index in [2.05, 4.69) is 38.4 Å². The molecule has 1 aliphatic carbocycles. The molecule has 2 aromatic rings. The minimum Gasteiger partial charge on any atom is -0.356 e. The lowest BCUT2D eigenvalue weighted by Crippen LogP contribution is -2.27. The van der Waals surface area contributed by atoms with Crippen molar-refractivity contribution in [2.24, 2.45) is 0 Å². The Labute approximate surface area is 114 Å². The van der Waals surface area contributed by atoms with Gasteiger partial charge in [0, 0.05) is 10.7 Å². The summed E-state index contributed by atoms with van der Waals surface area (Å²) < 4.78 is 0.888. The van der Waals surface area contributed by atoms with Crippen LogP contribution in [0.5, 0.6) is 0 Å². The van der Waals surface area contributed by atoms with Crippen molar-refractivity contribution < 1.29 is 4.79 Å². The molecule has 0 spiro atoms. The first-order chi connectivity index (χ1) is 8.74. The third-order valence-corrected chi connectivity index (χ3v) is 3.79. The largest absolute Gasteiger partial charge is 0.356 e. The lowest BCUT2D eigenvalue weighted by molar-refractivity contribution is 0.0932. The third-order valence-electron chi connectivity index (χ3n) is 3.33. The number of carbonyl (C=O) groups excluding carboxylic acids is 1. The van der Waals surface area contributed by atoms with Gasteiger partial charge in [0.1, 0.15) is 5.69 Å². The lowest BCUT2D eigenvalue weighted by atomic mass is 10.1. The number of amides is 1. The highest BCUT2D eigenvalue weighted by Crippen LogP contribution is 2.30. The number of fused-ring (bicyclic) bond motifs is 1. The molecule has 3 nitrogen and oxygen atoms in total. The Morgan fingerprint density at radius 3 is 3.00 bits per heavy atom. The zero-order chi connectivity index (χ0) is 12.5. The average Bonchev–Trinajstić information content (AvgIpc) is 2.97. The first kappa shape index (κ1) is 11.5. The van der Waals surface area contributed by atoms with E-state index in [1.165, 1.54) is 11.1 Å². The molecular formula is C14H13BrN2O. The summed E-state index contributed by atoms with van der Waals surface area (Å²) in [6.07, 6.45) is 3.78. The number of carbonyl (C=O) groups is 1. The smallest absolute Gasteiger partial charge is 0.268 e. The minimum absolute atomic E-state index is 0.0533. The van der Waals surface area contributed by atoms with Crippen molar-refractivity contribution in [3.8, 4) is 0 Å². The van der Waals surface area contributed by atoms with Crippen molar-refractivity contribution >= 4 is 21.8 Å². The van der Waals surface area contributed by atoms with Gasteiger partial charge in [-0.2, -0.15) is 0 Å². The van der Waals surface area contributed by atoms with Gasteiger partial charge in [-0.05, 0) is 46.0 Å². The molecule has 18 heavy (non-hydrogen) atoms. The molecule has 0 bridgehead atoms. The average molecular weight is 305 g/mol. The number of benzene rings is 1. The number of rotatable bonds is 2. The Bertz CT molecular complexity index is 591. The Kier molecular flexibility index (Phi) is 2.96. The number of aryl methyl sites for hydroxylation is 1. The van der Waals surface area contributed by atoms with E-state index in [1.54, 1.807) is 12.3 Å². The molecule has 92 valence electrons. The fourth-order valence-corrected chi connectivity index (χ4v) is 2.79. The van der Waals surface area contributed by atoms with Crippen LogP contribution in [0.1, 0.15) is 34.1 Å². The van der Waals surface area contributed by atoms with E-state index in [-0.39, 0.29) is 11.9 Å². The molecule has 0 saturated heterocycles. The molecule has 0 fully saturated rings. The summed E-state index contributed by atoms with van der Waals surface area (Å²) in [4.78, 5) is 15.0. The van der Waals surface area contributed by atoms with Crippen LogP contribution >= 0.6 is 15.9 Å². The Morgan fingerprint density at radius 1 is 1.39 bits per heavy atom. The fourth-order valence-electron chi connectivity index (χ4n) is 2.44. The predicted molar refractivity (Wildman–Crippen MR) is 73.5 cm³/mol. The summed E-state index contributed by atoms with van der Waals surface area (Å²) in [7, 11) is 0. The summed E-state index contributed by atoms with van der Waals surface area (Å²) in [5, 5.41) is 3.07. The number of hydrogen-bond acceptors (Lipinski definition) is 1. The summed E-state index contributed by atoms with van der Waals surface area (Å²) in [6, 6.07) is 10.2. The molecule has 1 heterocycles. The fraction of sp³-hybridized carbons (Fsp3) is 0.214. The molecule has 2 N–H and O–H groups in total. The second-order valence-corrected chi connectivity index (χ2v) is 5.41. The topological polar surface area (TPSA) is 44.9 Å². The maximum atomic E-state index is 12.1. The van der Waals surface area contributed by atoms with Crippen molar-refractivity contribution in [2.75, 3.05) is 0 Å². The van der Waals surface area contributed by atoms with Crippen LogP contribution in [0, 0.1) is 0 Å². The zero-order valence-corrected chi connectivity index (χ0v) is 11.3. The standard InChI is InChI=1S/C14H13BrN2O/c15-10-7-13(16-8-10)14(18)17-12-6-5-9-3-1-2-4-11(9)12/h1-4,7-8,12,16H,5-6H2,(H,17,18). The minimum atomic E-state index is -0.0533. The molecule has 3 rings (SSSR count). The van der Waals surface area contributed by atoms with Crippen LogP contribution in [0.3, 0.4) is 0 Å². The molecule has 1 aromatic carbocycles. The predicted octanol–water partition coefficient (Wildman–Crippen LogP) is 3.19. The van der Waals surface area contributed by atoms with Crippen molar-refractivity contribution in [1.29, 1.82) is 0 Å². The van der Waals surface area contributed by atoms with Gasteiger partial charge in [-0.1, -0.05) is 24.3 Å².